The number of para-hydroxylation sites is 2. The van der Waals surface area contributed by atoms with Crippen molar-refractivity contribution in [2.45, 2.75) is 6.92 Å². The van der Waals surface area contributed by atoms with E-state index in [1.807, 2.05) is 29.2 Å². The second-order valence-corrected chi connectivity index (χ2v) is 5.15. The van der Waals surface area contributed by atoms with Crippen LogP contribution in [0.4, 0.5) is 4.79 Å². The van der Waals surface area contributed by atoms with Gasteiger partial charge in [-0.2, -0.15) is 0 Å². The fraction of sp³-hybridized carbons (Fsp3) is 0.562. The summed E-state index contributed by atoms with van der Waals surface area (Å²) in [7, 11) is 1.61. The smallest absolute Gasteiger partial charge is 0.317 e. The van der Waals surface area contributed by atoms with Crippen molar-refractivity contribution in [3.8, 4) is 11.5 Å². The predicted molar refractivity (Wildman–Crippen MR) is 85.6 cm³/mol. The molecule has 0 aromatic heterocycles. The van der Waals surface area contributed by atoms with Crippen LogP contribution >= 0.6 is 0 Å². The molecule has 0 atom stereocenters. The SMILES string of the molecule is CCN1CCN(C(=O)NCCOc2ccccc2OC)CC1. The number of carbonyl (C=O) groups is 1. The van der Waals surface area contributed by atoms with Crippen molar-refractivity contribution in [2.75, 3.05) is 53.0 Å². The highest BCUT2D eigenvalue weighted by Gasteiger charge is 2.19. The average Bonchev–Trinajstić information content (AvgIpc) is 2.59. The molecule has 6 nitrogen and oxygen atoms in total. The van der Waals surface area contributed by atoms with E-state index in [4.69, 9.17) is 9.47 Å². The minimum absolute atomic E-state index is 0.0145. The van der Waals surface area contributed by atoms with Gasteiger partial charge in [0.25, 0.3) is 0 Å². The Morgan fingerprint density at radius 1 is 1.18 bits per heavy atom. The van der Waals surface area contributed by atoms with E-state index in [0.29, 0.717) is 24.7 Å². The summed E-state index contributed by atoms with van der Waals surface area (Å²) in [6, 6.07) is 7.47. The average molecular weight is 307 g/mol. The summed E-state index contributed by atoms with van der Waals surface area (Å²) in [5, 5.41) is 2.90. The summed E-state index contributed by atoms with van der Waals surface area (Å²) in [4.78, 5) is 16.2. The number of rotatable bonds is 6. The number of nitrogens with one attached hydrogen (secondary N) is 1. The van der Waals surface area contributed by atoms with E-state index < -0.39 is 0 Å². The summed E-state index contributed by atoms with van der Waals surface area (Å²) < 4.78 is 10.8. The number of ether oxygens (including phenoxy) is 2. The maximum absolute atomic E-state index is 12.0. The van der Waals surface area contributed by atoms with Crippen molar-refractivity contribution < 1.29 is 14.3 Å². The highest BCUT2D eigenvalue weighted by molar-refractivity contribution is 5.74. The number of hydrogen-bond acceptors (Lipinski definition) is 4. The van der Waals surface area contributed by atoms with Gasteiger partial charge >= 0.3 is 6.03 Å². The van der Waals surface area contributed by atoms with Gasteiger partial charge in [0.05, 0.1) is 13.7 Å². The van der Waals surface area contributed by atoms with Crippen LogP contribution in [0.25, 0.3) is 0 Å². The second-order valence-electron chi connectivity index (χ2n) is 5.15. The van der Waals surface area contributed by atoms with Gasteiger partial charge in [-0.15, -0.1) is 0 Å². The van der Waals surface area contributed by atoms with Crippen molar-refractivity contribution in [2.24, 2.45) is 0 Å². The molecule has 1 aliphatic heterocycles. The molecule has 0 spiro atoms. The summed E-state index contributed by atoms with van der Waals surface area (Å²) >= 11 is 0. The summed E-state index contributed by atoms with van der Waals surface area (Å²) in [5.41, 5.74) is 0. The summed E-state index contributed by atoms with van der Waals surface area (Å²) in [6.45, 7) is 7.54. The first-order chi connectivity index (χ1) is 10.7. The van der Waals surface area contributed by atoms with Crippen molar-refractivity contribution in [1.29, 1.82) is 0 Å². The van der Waals surface area contributed by atoms with Gasteiger partial charge in [-0.3, -0.25) is 0 Å². The third kappa shape index (κ3) is 4.53. The Morgan fingerprint density at radius 3 is 2.50 bits per heavy atom. The fourth-order valence-corrected chi connectivity index (χ4v) is 2.44. The van der Waals surface area contributed by atoms with E-state index >= 15 is 0 Å². The number of urea groups is 1. The normalized spacial score (nSPS) is 15.5. The molecule has 1 aromatic rings. The fourth-order valence-electron chi connectivity index (χ4n) is 2.44. The highest BCUT2D eigenvalue weighted by atomic mass is 16.5. The third-order valence-corrected chi connectivity index (χ3v) is 3.81. The second kappa shape index (κ2) is 8.48. The third-order valence-electron chi connectivity index (χ3n) is 3.81. The van der Waals surface area contributed by atoms with Gasteiger partial charge in [-0.25, -0.2) is 4.79 Å². The Hall–Kier alpha value is -1.95. The molecule has 1 fully saturated rings. The maximum atomic E-state index is 12.0. The van der Waals surface area contributed by atoms with Crippen molar-refractivity contribution >= 4 is 6.03 Å². The lowest BCUT2D eigenvalue weighted by atomic mass is 10.3. The standard InChI is InChI=1S/C16H25N3O3/c1-3-18-9-11-19(12-10-18)16(20)17-8-13-22-15-7-5-4-6-14(15)21-2/h4-7H,3,8-13H2,1-2H3,(H,17,20). The van der Waals surface area contributed by atoms with E-state index in [2.05, 4.69) is 17.1 Å². The van der Waals surface area contributed by atoms with Crippen LogP contribution in [0, 0.1) is 0 Å². The van der Waals surface area contributed by atoms with Crippen molar-refractivity contribution in [3.05, 3.63) is 24.3 Å². The van der Waals surface area contributed by atoms with E-state index in [1.54, 1.807) is 7.11 Å². The molecule has 1 saturated heterocycles. The molecule has 0 bridgehead atoms. The number of methoxy groups -OCH3 is 1. The number of hydrogen-bond donors (Lipinski definition) is 1. The van der Waals surface area contributed by atoms with Gasteiger partial charge in [0.1, 0.15) is 6.61 Å². The first-order valence-electron chi connectivity index (χ1n) is 7.75. The largest absolute Gasteiger partial charge is 0.493 e. The molecule has 1 N–H and O–H groups in total. The zero-order valence-electron chi connectivity index (χ0n) is 13.4. The molecule has 122 valence electrons. The predicted octanol–water partition coefficient (Wildman–Crippen LogP) is 1.42. The van der Waals surface area contributed by atoms with Crippen LogP contribution < -0.4 is 14.8 Å². The highest BCUT2D eigenvalue weighted by Crippen LogP contribution is 2.25. The Labute approximate surface area is 132 Å². The van der Waals surface area contributed by atoms with Gasteiger partial charge in [0.15, 0.2) is 11.5 Å². The molecule has 0 radical (unpaired) electrons. The first kappa shape index (κ1) is 16.4. The Balaban J connectivity index is 1.67. The van der Waals surface area contributed by atoms with Gasteiger partial charge in [0.2, 0.25) is 0 Å². The monoisotopic (exact) mass is 307 g/mol. The molecule has 22 heavy (non-hydrogen) atoms. The van der Waals surface area contributed by atoms with Gasteiger partial charge in [-0.1, -0.05) is 19.1 Å². The Kier molecular flexibility index (Phi) is 6.33. The molecule has 0 unspecified atom stereocenters. The first-order valence-corrected chi connectivity index (χ1v) is 7.75. The number of piperazine rings is 1. The number of likely N-dealkylation sites (N-methyl/N-ethyl adjacent to an activating group) is 1. The van der Waals surface area contributed by atoms with Crippen LogP contribution in [0.2, 0.25) is 0 Å². The lowest BCUT2D eigenvalue weighted by Gasteiger charge is -2.33. The molecular weight excluding hydrogens is 282 g/mol. The lowest BCUT2D eigenvalue weighted by Crippen LogP contribution is -2.52. The Bertz CT molecular complexity index is 473. The van der Waals surface area contributed by atoms with Gasteiger partial charge in [-0.05, 0) is 18.7 Å². The van der Waals surface area contributed by atoms with Crippen LogP contribution in [-0.4, -0.2) is 68.8 Å². The van der Waals surface area contributed by atoms with Crippen molar-refractivity contribution in [3.63, 3.8) is 0 Å². The molecule has 1 aromatic carbocycles. The number of benzene rings is 1. The minimum atomic E-state index is -0.0145. The lowest BCUT2D eigenvalue weighted by molar-refractivity contribution is 0.142. The number of amides is 2. The molecule has 0 aliphatic carbocycles. The van der Waals surface area contributed by atoms with E-state index in [0.717, 1.165) is 32.7 Å². The van der Waals surface area contributed by atoms with E-state index in [-0.39, 0.29) is 6.03 Å². The zero-order valence-corrected chi connectivity index (χ0v) is 13.4. The molecule has 2 rings (SSSR count). The van der Waals surface area contributed by atoms with Gasteiger partial charge in [0, 0.05) is 26.2 Å². The van der Waals surface area contributed by atoms with Crippen LogP contribution in [0.3, 0.4) is 0 Å². The topological polar surface area (TPSA) is 54.0 Å². The maximum Gasteiger partial charge on any atom is 0.317 e. The molecule has 2 amide bonds. The minimum Gasteiger partial charge on any atom is -0.493 e. The quantitative estimate of drug-likeness (QED) is 0.808. The molecule has 1 aliphatic rings. The van der Waals surface area contributed by atoms with E-state index in [9.17, 15) is 4.79 Å². The van der Waals surface area contributed by atoms with E-state index in [1.165, 1.54) is 0 Å². The Morgan fingerprint density at radius 2 is 1.86 bits per heavy atom. The zero-order chi connectivity index (χ0) is 15.8. The summed E-state index contributed by atoms with van der Waals surface area (Å²) in [5.74, 6) is 1.39. The van der Waals surface area contributed by atoms with Gasteiger partial charge < -0.3 is 24.6 Å². The van der Waals surface area contributed by atoms with Crippen molar-refractivity contribution in [1.82, 2.24) is 15.1 Å². The summed E-state index contributed by atoms with van der Waals surface area (Å²) in [6.07, 6.45) is 0. The molecular formula is C16H25N3O3. The number of carbonyl (C=O) groups excluding carboxylic acids is 1. The van der Waals surface area contributed by atoms with Crippen LogP contribution in [0.15, 0.2) is 24.3 Å². The molecule has 6 heteroatoms. The molecule has 0 saturated carbocycles. The van der Waals surface area contributed by atoms with Crippen LogP contribution in [-0.2, 0) is 0 Å². The molecule has 1 heterocycles. The number of nitrogens with zero attached hydrogens (tertiary/aromatic N) is 2. The van der Waals surface area contributed by atoms with Crippen LogP contribution in [0.5, 0.6) is 11.5 Å². The van der Waals surface area contributed by atoms with Crippen LogP contribution in [0.1, 0.15) is 6.92 Å².